The SMILES string of the molecule is COc1ncc(C#CCSc2ccccc2NS(=O)(=O)c2ccc(C)cc2)c(OC)n1. The summed E-state index contributed by atoms with van der Waals surface area (Å²) < 4.78 is 38.3. The van der Waals surface area contributed by atoms with E-state index in [-0.39, 0.29) is 10.9 Å². The van der Waals surface area contributed by atoms with Crippen LogP contribution in [-0.4, -0.2) is 38.4 Å². The van der Waals surface area contributed by atoms with Gasteiger partial charge in [-0.15, -0.1) is 11.8 Å². The second-order valence-electron chi connectivity index (χ2n) is 6.28. The van der Waals surface area contributed by atoms with Crippen molar-refractivity contribution in [1.82, 2.24) is 9.97 Å². The van der Waals surface area contributed by atoms with Crippen molar-refractivity contribution in [1.29, 1.82) is 0 Å². The molecule has 9 heteroatoms. The maximum absolute atomic E-state index is 12.7. The monoisotopic (exact) mass is 455 g/mol. The maximum Gasteiger partial charge on any atom is 0.319 e. The molecule has 0 saturated heterocycles. The van der Waals surface area contributed by atoms with Crippen molar-refractivity contribution >= 4 is 27.5 Å². The van der Waals surface area contributed by atoms with E-state index < -0.39 is 10.0 Å². The third-order valence-corrected chi connectivity index (χ3v) is 6.43. The molecule has 31 heavy (non-hydrogen) atoms. The number of sulfonamides is 1. The van der Waals surface area contributed by atoms with E-state index in [0.717, 1.165) is 10.5 Å². The zero-order valence-electron chi connectivity index (χ0n) is 17.2. The minimum Gasteiger partial charge on any atom is -0.480 e. The number of rotatable bonds is 7. The zero-order chi connectivity index (χ0) is 22.3. The first-order valence-corrected chi connectivity index (χ1v) is 11.6. The molecule has 0 aliphatic carbocycles. The molecule has 3 rings (SSSR count). The van der Waals surface area contributed by atoms with Gasteiger partial charge in [-0.05, 0) is 31.2 Å². The van der Waals surface area contributed by atoms with Gasteiger partial charge < -0.3 is 9.47 Å². The van der Waals surface area contributed by atoms with E-state index in [1.54, 1.807) is 36.4 Å². The van der Waals surface area contributed by atoms with Gasteiger partial charge in [0.05, 0.1) is 36.8 Å². The number of ether oxygens (including phenoxy) is 2. The number of aryl methyl sites for hydroxylation is 1. The molecule has 1 aromatic heterocycles. The van der Waals surface area contributed by atoms with Crippen molar-refractivity contribution in [2.24, 2.45) is 0 Å². The van der Waals surface area contributed by atoms with E-state index in [0.29, 0.717) is 22.9 Å². The molecule has 0 bridgehead atoms. The van der Waals surface area contributed by atoms with E-state index in [1.165, 1.54) is 32.2 Å². The van der Waals surface area contributed by atoms with Gasteiger partial charge in [0.25, 0.3) is 10.0 Å². The van der Waals surface area contributed by atoms with Crippen molar-refractivity contribution in [2.75, 3.05) is 24.7 Å². The van der Waals surface area contributed by atoms with Gasteiger partial charge in [0.1, 0.15) is 5.56 Å². The van der Waals surface area contributed by atoms with Crippen molar-refractivity contribution < 1.29 is 17.9 Å². The molecule has 0 radical (unpaired) electrons. The molecule has 2 aromatic carbocycles. The minimum absolute atomic E-state index is 0.201. The third kappa shape index (κ3) is 5.90. The Morgan fingerprint density at radius 3 is 2.52 bits per heavy atom. The number of methoxy groups -OCH3 is 2. The topological polar surface area (TPSA) is 90.4 Å². The van der Waals surface area contributed by atoms with Crippen LogP contribution in [0.2, 0.25) is 0 Å². The maximum atomic E-state index is 12.7. The van der Waals surface area contributed by atoms with Gasteiger partial charge in [-0.3, -0.25) is 4.72 Å². The quantitative estimate of drug-likeness (QED) is 0.429. The number of aromatic nitrogens is 2. The lowest BCUT2D eigenvalue weighted by molar-refractivity contribution is 0.351. The van der Waals surface area contributed by atoms with Crippen LogP contribution in [-0.2, 0) is 10.0 Å². The molecule has 0 atom stereocenters. The molecule has 0 spiro atoms. The number of hydrogen-bond acceptors (Lipinski definition) is 7. The van der Waals surface area contributed by atoms with Gasteiger partial charge in [-0.1, -0.05) is 41.7 Å². The van der Waals surface area contributed by atoms with E-state index in [1.807, 2.05) is 19.1 Å². The Labute approximate surface area is 186 Å². The fourth-order valence-corrected chi connectivity index (χ4v) is 4.43. The molecule has 0 unspecified atom stereocenters. The summed E-state index contributed by atoms with van der Waals surface area (Å²) in [5.74, 6) is 6.75. The first kappa shape index (κ1) is 22.5. The fraction of sp³-hybridized carbons (Fsp3) is 0.182. The number of para-hydroxylation sites is 1. The highest BCUT2D eigenvalue weighted by molar-refractivity contribution is 7.99. The normalized spacial score (nSPS) is 10.7. The Bertz CT molecular complexity index is 1220. The fourth-order valence-electron chi connectivity index (χ4n) is 2.53. The molecule has 3 aromatic rings. The predicted molar refractivity (Wildman–Crippen MR) is 121 cm³/mol. The van der Waals surface area contributed by atoms with E-state index >= 15 is 0 Å². The van der Waals surface area contributed by atoms with Gasteiger partial charge >= 0.3 is 6.01 Å². The van der Waals surface area contributed by atoms with Crippen molar-refractivity contribution in [3.8, 4) is 23.7 Å². The van der Waals surface area contributed by atoms with Crippen LogP contribution >= 0.6 is 11.8 Å². The summed E-state index contributed by atoms with van der Waals surface area (Å²) in [7, 11) is -0.714. The number of nitrogens with zero attached hydrogens (tertiary/aromatic N) is 2. The van der Waals surface area contributed by atoms with Crippen LogP contribution in [0, 0.1) is 18.8 Å². The first-order valence-electron chi connectivity index (χ1n) is 9.18. The standard InChI is InChI=1S/C22H21N3O4S2/c1-16-10-12-18(13-11-16)31(26,27)25-19-8-4-5-9-20(19)30-14-6-7-17-15-23-22(29-3)24-21(17)28-2/h4-5,8-13,15,25H,14H2,1-3H3. The number of benzene rings is 2. The van der Waals surface area contributed by atoms with Gasteiger partial charge in [-0.2, -0.15) is 4.98 Å². The Balaban J connectivity index is 1.72. The molecule has 0 aliphatic heterocycles. The van der Waals surface area contributed by atoms with E-state index in [4.69, 9.17) is 9.47 Å². The van der Waals surface area contributed by atoms with Crippen LogP contribution in [0.1, 0.15) is 11.1 Å². The van der Waals surface area contributed by atoms with Gasteiger partial charge in [0, 0.05) is 4.90 Å². The number of hydrogen-bond donors (Lipinski definition) is 1. The van der Waals surface area contributed by atoms with E-state index in [9.17, 15) is 8.42 Å². The average Bonchev–Trinajstić information content (AvgIpc) is 2.77. The second kappa shape index (κ2) is 10.2. The minimum atomic E-state index is -3.69. The Hall–Kier alpha value is -3.22. The lowest BCUT2D eigenvalue weighted by atomic mass is 10.2. The van der Waals surface area contributed by atoms with Crippen LogP contribution in [0.15, 0.2) is 64.5 Å². The summed E-state index contributed by atoms with van der Waals surface area (Å²) >= 11 is 1.42. The van der Waals surface area contributed by atoms with Crippen molar-refractivity contribution in [3.63, 3.8) is 0 Å². The van der Waals surface area contributed by atoms with Gasteiger partial charge in [-0.25, -0.2) is 13.4 Å². The van der Waals surface area contributed by atoms with Crippen molar-refractivity contribution in [2.45, 2.75) is 16.7 Å². The number of anilines is 1. The summed E-state index contributed by atoms with van der Waals surface area (Å²) in [6.07, 6.45) is 1.53. The molecule has 0 aliphatic rings. The Kier molecular flexibility index (Phi) is 7.39. The smallest absolute Gasteiger partial charge is 0.319 e. The molecular formula is C22H21N3O4S2. The van der Waals surface area contributed by atoms with E-state index in [2.05, 4.69) is 26.5 Å². The van der Waals surface area contributed by atoms with Crippen LogP contribution < -0.4 is 14.2 Å². The predicted octanol–water partition coefficient (Wildman–Crippen LogP) is 3.75. The van der Waals surface area contributed by atoms with Crippen LogP contribution in [0.3, 0.4) is 0 Å². The van der Waals surface area contributed by atoms with Gasteiger partial charge in [0.2, 0.25) is 5.88 Å². The van der Waals surface area contributed by atoms with Crippen LogP contribution in [0.5, 0.6) is 11.9 Å². The largest absolute Gasteiger partial charge is 0.480 e. The molecule has 0 amide bonds. The third-order valence-electron chi connectivity index (χ3n) is 4.09. The summed E-state index contributed by atoms with van der Waals surface area (Å²) in [6.45, 7) is 1.91. The highest BCUT2D eigenvalue weighted by Crippen LogP contribution is 2.29. The molecule has 0 saturated carbocycles. The molecule has 0 fully saturated rings. The van der Waals surface area contributed by atoms with Gasteiger partial charge in [0.15, 0.2) is 0 Å². The van der Waals surface area contributed by atoms with Crippen LogP contribution in [0.25, 0.3) is 0 Å². The molecule has 7 nitrogen and oxygen atoms in total. The molecular weight excluding hydrogens is 434 g/mol. The molecule has 1 heterocycles. The summed E-state index contributed by atoms with van der Waals surface area (Å²) in [5, 5.41) is 0. The van der Waals surface area contributed by atoms with Crippen molar-refractivity contribution in [3.05, 3.63) is 65.9 Å². The first-order chi connectivity index (χ1) is 14.9. The number of nitrogens with one attached hydrogen (secondary N) is 1. The Morgan fingerprint density at radius 2 is 1.81 bits per heavy atom. The summed E-state index contributed by atoms with van der Waals surface area (Å²) in [5.41, 5.74) is 2.03. The highest BCUT2D eigenvalue weighted by Gasteiger charge is 2.15. The average molecular weight is 456 g/mol. The lowest BCUT2D eigenvalue weighted by Crippen LogP contribution is -2.13. The van der Waals surface area contributed by atoms with Crippen LogP contribution in [0.4, 0.5) is 5.69 Å². The molecule has 1 N–H and O–H groups in total. The highest BCUT2D eigenvalue weighted by atomic mass is 32.2. The summed E-state index contributed by atoms with van der Waals surface area (Å²) in [4.78, 5) is 9.11. The molecule has 160 valence electrons. The Morgan fingerprint density at radius 1 is 1.06 bits per heavy atom. The summed E-state index contributed by atoms with van der Waals surface area (Å²) in [6, 6.07) is 14.1. The zero-order valence-corrected chi connectivity index (χ0v) is 18.9. The number of thioether (sulfide) groups is 1. The second-order valence-corrected chi connectivity index (χ2v) is 8.98. The lowest BCUT2D eigenvalue weighted by Gasteiger charge is -2.11.